The summed E-state index contributed by atoms with van der Waals surface area (Å²) in [5.74, 6) is -0.684. The summed E-state index contributed by atoms with van der Waals surface area (Å²) in [6.07, 6.45) is 0.855. The molecule has 7 nitrogen and oxygen atoms in total. The standard InChI is InChI=1S/C28H31N3O4S/c1-3-16-29-23-12-10-21(11-13-23)19-30-28(33)18-26-27(32)17-22-6-4-5-7-25(22)31(26)36(34,35)24-14-8-20(2)9-15-24/h4-15,26,29H,3,16-19H2,1-2H3,(H,30,33)/t26-/m1/s1. The Morgan fingerprint density at radius 2 is 1.69 bits per heavy atom. The van der Waals surface area contributed by atoms with E-state index in [2.05, 4.69) is 17.6 Å². The van der Waals surface area contributed by atoms with Crippen LogP contribution in [0.1, 0.15) is 36.5 Å². The Balaban J connectivity index is 1.54. The number of rotatable bonds is 9. The summed E-state index contributed by atoms with van der Waals surface area (Å²) >= 11 is 0. The molecule has 0 saturated heterocycles. The minimum atomic E-state index is -4.07. The van der Waals surface area contributed by atoms with Crippen LogP contribution in [0.25, 0.3) is 0 Å². The summed E-state index contributed by atoms with van der Waals surface area (Å²) in [6, 6.07) is 20.1. The zero-order valence-electron chi connectivity index (χ0n) is 20.5. The van der Waals surface area contributed by atoms with E-state index in [1.165, 1.54) is 12.1 Å². The Morgan fingerprint density at radius 3 is 2.39 bits per heavy atom. The summed E-state index contributed by atoms with van der Waals surface area (Å²) in [5.41, 5.74) is 3.91. The van der Waals surface area contributed by atoms with Gasteiger partial charge in [-0.1, -0.05) is 55.0 Å². The number of anilines is 2. The van der Waals surface area contributed by atoms with E-state index in [0.29, 0.717) is 11.3 Å². The minimum Gasteiger partial charge on any atom is -0.385 e. The van der Waals surface area contributed by atoms with Crippen LogP contribution in [0.3, 0.4) is 0 Å². The van der Waals surface area contributed by atoms with E-state index in [1.54, 1.807) is 36.4 Å². The average Bonchev–Trinajstić information content (AvgIpc) is 2.87. The van der Waals surface area contributed by atoms with Crippen LogP contribution < -0.4 is 14.9 Å². The molecule has 0 aliphatic carbocycles. The number of aryl methyl sites for hydroxylation is 1. The van der Waals surface area contributed by atoms with E-state index in [4.69, 9.17) is 0 Å². The molecule has 3 aromatic carbocycles. The second-order valence-electron chi connectivity index (χ2n) is 9.01. The van der Waals surface area contributed by atoms with Crippen LogP contribution in [0.4, 0.5) is 11.4 Å². The van der Waals surface area contributed by atoms with Crippen molar-refractivity contribution < 1.29 is 18.0 Å². The number of para-hydroxylation sites is 1. The maximum Gasteiger partial charge on any atom is 0.265 e. The van der Waals surface area contributed by atoms with Gasteiger partial charge in [-0.2, -0.15) is 0 Å². The molecule has 0 radical (unpaired) electrons. The monoisotopic (exact) mass is 505 g/mol. The number of hydrogen-bond acceptors (Lipinski definition) is 5. The van der Waals surface area contributed by atoms with Crippen molar-refractivity contribution in [1.29, 1.82) is 0 Å². The van der Waals surface area contributed by atoms with Crippen molar-refractivity contribution in [2.45, 2.75) is 50.6 Å². The molecule has 0 bridgehead atoms. The second kappa shape index (κ2) is 11.0. The SMILES string of the molecule is CCCNc1ccc(CNC(=O)C[C@@H]2C(=O)Cc3ccccc3N2S(=O)(=O)c2ccc(C)cc2)cc1. The van der Waals surface area contributed by atoms with Gasteiger partial charge in [-0.05, 0) is 54.8 Å². The lowest BCUT2D eigenvalue weighted by Gasteiger charge is -2.36. The van der Waals surface area contributed by atoms with Crippen LogP contribution >= 0.6 is 0 Å². The Labute approximate surface area is 212 Å². The molecule has 188 valence electrons. The number of Topliss-reactive ketones (excluding diaryl/α,β-unsaturated/α-hetero) is 1. The van der Waals surface area contributed by atoms with Gasteiger partial charge < -0.3 is 10.6 Å². The fourth-order valence-corrected chi connectivity index (χ4v) is 5.93. The van der Waals surface area contributed by atoms with Gasteiger partial charge in [0.15, 0.2) is 5.78 Å². The molecule has 1 heterocycles. The number of benzene rings is 3. The molecular formula is C28H31N3O4S. The first kappa shape index (κ1) is 25.4. The largest absolute Gasteiger partial charge is 0.385 e. The van der Waals surface area contributed by atoms with Gasteiger partial charge in [0, 0.05) is 25.2 Å². The molecular weight excluding hydrogens is 474 g/mol. The summed E-state index contributed by atoms with van der Waals surface area (Å²) in [7, 11) is -4.07. The molecule has 0 unspecified atom stereocenters. The fourth-order valence-electron chi connectivity index (χ4n) is 4.26. The summed E-state index contributed by atoms with van der Waals surface area (Å²) in [5, 5.41) is 6.14. The number of carbonyl (C=O) groups excluding carboxylic acids is 2. The van der Waals surface area contributed by atoms with Gasteiger partial charge >= 0.3 is 0 Å². The van der Waals surface area contributed by atoms with Crippen molar-refractivity contribution in [3.8, 4) is 0 Å². The lowest BCUT2D eigenvalue weighted by Crippen LogP contribution is -2.51. The third kappa shape index (κ3) is 5.60. The lowest BCUT2D eigenvalue weighted by molar-refractivity contribution is -0.126. The van der Waals surface area contributed by atoms with Gasteiger partial charge in [0.2, 0.25) is 5.91 Å². The van der Waals surface area contributed by atoms with E-state index in [1.807, 2.05) is 31.2 Å². The molecule has 8 heteroatoms. The van der Waals surface area contributed by atoms with Crippen LogP contribution in [-0.4, -0.2) is 32.7 Å². The van der Waals surface area contributed by atoms with E-state index >= 15 is 0 Å². The smallest absolute Gasteiger partial charge is 0.265 e. The molecule has 1 amide bonds. The Kier molecular flexibility index (Phi) is 7.74. The van der Waals surface area contributed by atoms with E-state index < -0.39 is 16.1 Å². The highest BCUT2D eigenvalue weighted by molar-refractivity contribution is 7.93. The normalized spacial score (nSPS) is 15.3. The number of nitrogens with one attached hydrogen (secondary N) is 2. The van der Waals surface area contributed by atoms with Crippen molar-refractivity contribution in [3.63, 3.8) is 0 Å². The summed E-state index contributed by atoms with van der Waals surface area (Å²) in [4.78, 5) is 26.1. The molecule has 0 saturated carbocycles. The highest BCUT2D eigenvalue weighted by Gasteiger charge is 2.41. The number of hydrogen-bond donors (Lipinski definition) is 2. The number of nitrogens with zero attached hydrogens (tertiary/aromatic N) is 1. The zero-order chi connectivity index (χ0) is 25.7. The third-order valence-corrected chi connectivity index (χ3v) is 8.06. The van der Waals surface area contributed by atoms with Crippen LogP contribution in [0, 0.1) is 6.92 Å². The van der Waals surface area contributed by atoms with E-state index in [0.717, 1.165) is 34.1 Å². The molecule has 0 spiro atoms. The van der Waals surface area contributed by atoms with Gasteiger partial charge in [0.25, 0.3) is 10.0 Å². The molecule has 4 rings (SSSR count). The minimum absolute atomic E-state index is 0.0831. The first-order chi connectivity index (χ1) is 17.3. The van der Waals surface area contributed by atoms with Gasteiger partial charge in [-0.15, -0.1) is 0 Å². The van der Waals surface area contributed by atoms with Crippen molar-refractivity contribution in [2.75, 3.05) is 16.2 Å². The van der Waals surface area contributed by atoms with E-state index in [-0.39, 0.29) is 36.0 Å². The topological polar surface area (TPSA) is 95.6 Å². The average molecular weight is 506 g/mol. The van der Waals surface area contributed by atoms with Crippen molar-refractivity contribution in [1.82, 2.24) is 5.32 Å². The third-order valence-electron chi connectivity index (χ3n) is 6.23. The van der Waals surface area contributed by atoms with Crippen molar-refractivity contribution >= 4 is 33.1 Å². The Bertz CT molecular complexity index is 1340. The molecule has 0 fully saturated rings. The van der Waals surface area contributed by atoms with Gasteiger partial charge in [-0.3, -0.25) is 13.9 Å². The zero-order valence-corrected chi connectivity index (χ0v) is 21.3. The maximum absolute atomic E-state index is 13.7. The predicted octanol–water partition coefficient (Wildman–Crippen LogP) is 4.21. The highest BCUT2D eigenvalue weighted by atomic mass is 32.2. The number of fused-ring (bicyclic) bond motifs is 1. The van der Waals surface area contributed by atoms with Crippen LogP contribution in [0.5, 0.6) is 0 Å². The van der Waals surface area contributed by atoms with Crippen molar-refractivity contribution in [3.05, 3.63) is 89.5 Å². The molecule has 1 aliphatic heterocycles. The lowest BCUT2D eigenvalue weighted by atomic mass is 9.94. The maximum atomic E-state index is 13.7. The summed E-state index contributed by atoms with van der Waals surface area (Å²) < 4.78 is 28.6. The Hall–Kier alpha value is -3.65. The van der Waals surface area contributed by atoms with E-state index in [9.17, 15) is 18.0 Å². The van der Waals surface area contributed by atoms with Crippen molar-refractivity contribution in [2.24, 2.45) is 0 Å². The van der Waals surface area contributed by atoms with Gasteiger partial charge in [-0.25, -0.2) is 8.42 Å². The number of sulfonamides is 1. The molecule has 3 aromatic rings. The number of ketones is 1. The van der Waals surface area contributed by atoms with Gasteiger partial charge in [0.05, 0.1) is 17.0 Å². The molecule has 2 N–H and O–H groups in total. The highest BCUT2D eigenvalue weighted by Crippen LogP contribution is 2.35. The van der Waals surface area contributed by atoms with Gasteiger partial charge in [0.1, 0.15) is 6.04 Å². The molecule has 1 atom stereocenters. The first-order valence-electron chi connectivity index (χ1n) is 12.1. The van der Waals surface area contributed by atoms with Crippen LogP contribution in [-0.2, 0) is 32.6 Å². The second-order valence-corrected chi connectivity index (χ2v) is 10.8. The Morgan fingerprint density at radius 1 is 1.00 bits per heavy atom. The first-order valence-corrected chi connectivity index (χ1v) is 13.5. The summed E-state index contributed by atoms with van der Waals surface area (Å²) in [6.45, 7) is 5.14. The van der Waals surface area contributed by atoms with Crippen LogP contribution in [0.15, 0.2) is 77.7 Å². The fraction of sp³-hybridized carbons (Fsp3) is 0.286. The van der Waals surface area contributed by atoms with Crippen LogP contribution in [0.2, 0.25) is 0 Å². The number of amides is 1. The molecule has 0 aromatic heterocycles. The quantitative estimate of drug-likeness (QED) is 0.454. The molecule has 1 aliphatic rings. The number of carbonyl (C=O) groups is 2. The predicted molar refractivity (Wildman–Crippen MR) is 141 cm³/mol. The molecule has 36 heavy (non-hydrogen) atoms.